The molecule has 1 aliphatic heterocycles. The molecule has 0 aliphatic carbocycles. The van der Waals surface area contributed by atoms with Gasteiger partial charge in [-0.15, -0.1) is 0 Å². The Hall–Kier alpha value is -0.100. The van der Waals surface area contributed by atoms with Gasteiger partial charge in [0.15, 0.2) is 0 Å². The molecule has 0 aromatic rings. The first-order valence-electron chi connectivity index (χ1n) is 2.95. The zero-order valence-corrected chi connectivity index (χ0v) is 6.77. The Morgan fingerprint density at radius 1 is 1.60 bits per heavy atom. The maximum atomic E-state index is 10.5. The summed E-state index contributed by atoms with van der Waals surface area (Å²) in [6.45, 7) is 3.77. The number of carboxylic acids is 1. The second kappa shape index (κ2) is 2.87. The van der Waals surface area contributed by atoms with Crippen molar-refractivity contribution >= 4 is 14.6 Å². The highest BCUT2D eigenvalue weighted by Crippen LogP contribution is 2.52. The van der Waals surface area contributed by atoms with Crippen LogP contribution in [-0.4, -0.2) is 11.1 Å². The molecule has 1 heterocycles. The molecule has 3 heteroatoms. The van der Waals surface area contributed by atoms with Crippen molar-refractivity contribution < 1.29 is 9.90 Å². The Morgan fingerprint density at radius 3 is 2.40 bits per heavy atom. The van der Waals surface area contributed by atoms with Crippen LogP contribution in [0.3, 0.4) is 0 Å². The first kappa shape index (κ1) is 8.00. The molecule has 10 heavy (non-hydrogen) atoms. The molecule has 0 aromatic heterocycles. The number of hydrogen-bond acceptors (Lipinski definition) is 1. The topological polar surface area (TPSA) is 37.3 Å². The number of hydrogen-bond donors (Lipinski definition) is 1. The minimum absolute atomic E-state index is 0.512. The second-order valence-electron chi connectivity index (χ2n) is 2.22. The molecule has 0 bridgehead atoms. The largest absolute Gasteiger partial charge is 0.480 e. The van der Waals surface area contributed by atoms with Crippen molar-refractivity contribution in [1.29, 1.82) is 0 Å². The van der Waals surface area contributed by atoms with Gasteiger partial charge in [-0.1, -0.05) is 22.4 Å². The van der Waals surface area contributed by atoms with Crippen LogP contribution in [0.15, 0.2) is 0 Å². The van der Waals surface area contributed by atoms with Crippen LogP contribution in [0.4, 0.5) is 0 Å². The molecule has 0 spiro atoms. The highest BCUT2D eigenvalue weighted by molar-refractivity contribution is 7.47. The van der Waals surface area contributed by atoms with Crippen LogP contribution < -0.4 is 0 Å². The molecule has 1 aliphatic rings. The summed E-state index contributed by atoms with van der Waals surface area (Å²) in [4.78, 5) is 10.5. The minimum atomic E-state index is -0.799. The lowest BCUT2D eigenvalue weighted by atomic mass is 9.95. The van der Waals surface area contributed by atoms with Crippen molar-refractivity contribution in [1.82, 2.24) is 0 Å². The van der Waals surface area contributed by atoms with Crippen molar-refractivity contribution in [3.63, 3.8) is 0 Å². The van der Waals surface area contributed by atoms with Crippen molar-refractivity contribution in [2.24, 2.45) is 0 Å². The Kier molecular flexibility index (Phi) is 2.30. The van der Waals surface area contributed by atoms with E-state index < -0.39 is 5.97 Å². The summed E-state index contributed by atoms with van der Waals surface area (Å²) in [7, 11) is 0.822. The molecule has 1 fully saturated rings. The zero-order valence-electron chi connectivity index (χ0n) is 5.88. The summed E-state index contributed by atoms with van der Waals surface area (Å²) >= 11 is 0. The average Bonchev–Trinajstić information content (AvgIpc) is 2.14. The second-order valence-corrected chi connectivity index (χ2v) is 3.18. The van der Waals surface area contributed by atoms with Gasteiger partial charge in [-0.25, -0.2) is 0 Å². The Labute approximate surface area is 62.8 Å². The average molecular weight is 155 g/mol. The SMILES string of the molecule is C[C]1[CH][P][C](C(=O)O)[C]1C. The predicted octanol–water partition coefficient (Wildman–Crippen LogP) is 1.91. The van der Waals surface area contributed by atoms with E-state index in [-0.39, 0.29) is 0 Å². The molecule has 0 aromatic carbocycles. The van der Waals surface area contributed by atoms with Crippen molar-refractivity contribution in [2.75, 3.05) is 0 Å². The number of carbonyl (C=O) groups is 1. The molecular formula is C7H8O2P. The molecule has 1 rings (SSSR count). The van der Waals surface area contributed by atoms with Gasteiger partial charge in [0.1, 0.15) is 5.66 Å². The molecule has 53 valence electrons. The standard InChI is InChI=1S/C7H8O2P/c1-4-3-10-6(5(4)2)7(8)9/h3H,1-2H3,(H,8,9). The van der Waals surface area contributed by atoms with Gasteiger partial charge < -0.3 is 5.11 Å². The van der Waals surface area contributed by atoms with E-state index in [1.165, 1.54) is 0 Å². The molecule has 1 saturated heterocycles. The number of aliphatic carboxylic acids is 1. The Balaban J connectivity index is 2.57. The maximum Gasteiger partial charge on any atom is 0.316 e. The van der Waals surface area contributed by atoms with E-state index >= 15 is 0 Å². The minimum Gasteiger partial charge on any atom is -0.480 e. The van der Waals surface area contributed by atoms with Gasteiger partial charge in [-0.3, -0.25) is 4.79 Å². The summed E-state index contributed by atoms with van der Waals surface area (Å²) in [5.41, 5.74) is 0.512. The van der Waals surface area contributed by atoms with Crippen LogP contribution >= 0.6 is 8.58 Å². The summed E-state index contributed by atoms with van der Waals surface area (Å²) < 4.78 is 0. The molecular weight excluding hydrogens is 147 g/mol. The lowest BCUT2D eigenvalue weighted by Crippen LogP contribution is -2.11. The third-order valence-corrected chi connectivity index (χ3v) is 2.84. The fraction of sp³-hybridized carbons (Fsp3) is 0.286. The molecule has 0 atom stereocenters. The van der Waals surface area contributed by atoms with E-state index in [2.05, 4.69) is 0 Å². The van der Waals surface area contributed by atoms with Crippen LogP contribution in [0.25, 0.3) is 0 Å². The first-order chi connectivity index (χ1) is 4.63. The van der Waals surface area contributed by atoms with Crippen molar-refractivity contribution in [3.8, 4) is 0 Å². The normalized spacial score (nSPS) is 26.2. The smallest absolute Gasteiger partial charge is 0.316 e. The first-order valence-corrected chi connectivity index (χ1v) is 3.91. The summed E-state index contributed by atoms with van der Waals surface area (Å²) in [6, 6.07) is 0. The maximum absolute atomic E-state index is 10.5. The lowest BCUT2D eigenvalue weighted by molar-refractivity contribution is -0.133. The molecule has 5 radical (unpaired) electrons. The van der Waals surface area contributed by atoms with Gasteiger partial charge in [0.05, 0.1) is 0 Å². The van der Waals surface area contributed by atoms with E-state index in [4.69, 9.17) is 5.11 Å². The van der Waals surface area contributed by atoms with Crippen molar-refractivity contribution in [3.05, 3.63) is 23.7 Å². The van der Waals surface area contributed by atoms with Crippen LogP contribution in [0.2, 0.25) is 0 Å². The molecule has 0 amide bonds. The van der Waals surface area contributed by atoms with Crippen LogP contribution in [0.1, 0.15) is 13.8 Å². The molecule has 0 unspecified atom stereocenters. The van der Waals surface area contributed by atoms with Gasteiger partial charge in [-0.05, 0) is 12.1 Å². The van der Waals surface area contributed by atoms with Gasteiger partial charge in [-0.2, -0.15) is 0 Å². The van der Waals surface area contributed by atoms with Gasteiger partial charge in [0, 0.05) is 5.92 Å². The van der Waals surface area contributed by atoms with Gasteiger partial charge >= 0.3 is 5.97 Å². The molecule has 2 nitrogen and oxygen atoms in total. The summed E-state index contributed by atoms with van der Waals surface area (Å²) in [5, 5.41) is 8.60. The quantitative estimate of drug-likeness (QED) is 0.587. The Morgan fingerprint density at radius 2 is 2.20 bits per heavy atom. The number of rotatable bonds is 1. The lowest BCUT2D eigenvalue weighted by Gasteiger charge is -2.09. The molecule has 1 N–H and O–H groups in total. The fourth-order valence-corrected chi connectivity index (χ4v) is 1.75. The van der Waals surface area contributed by atoms with E-state index in [1.54, 1.807) is 0 Å². The van der Waals surface area contributed by atoms with E-state index in [9.17, 15) is 4.79 Å². The van der Waals surface area contributed by atoms with Gasteiger partial charge in [0.25, 0.3) is 0 Å². The Bertz CT molecular complexity index is 147. The highest BCUT2D eigenvalue weighted by Gasteiger charge is 2.37. The summed E-state index contributed by atoms with van der Waals surface area (Å²) in [5.74, 6) is 1.19. The van der Waals surface area contributed by atoms with Crippen LogP contribution in [-0.2, 0) is 4.79 Å². The van der Waals surface area contributed by atoms with E-state index in [0.717, 1.165) is 20.4 Å². The van der Waals surface area contributed by atoms with E-state index in [0.29, 0.717) is 5.66 Å². The van der Waals surface area contributed by atoms with E-state index in [1.807, 2.05) is 20.0 Å². The zero-order chi connectivity index (χ0) is 7.72. The molecule has 0 saturated carbocycles. The van der Waals surface area contributed by atoms with Crippen molar-refractivity contribution in [2.45, 2.75) is 13.8 Å². The number of carboxylic acid groups (broad SMARTS) is 1. The highest BCUT2D eigenvalue weighted by atomic mass is 31.1. The predicted molar refractivity (Wildman–Crippen MR) is 39.9 cm³/mol. The third kappa shape index (κ3) is 1.32. The fourth-order valence-electron chi connectivity index (χ4n) is 0.757. The third-order valence-electron chi connectivity index (χ3n) is 1.54. The summed E-state index contributed by atoms with van der Waals surface area (Å²) in [6.07, 6.45) is 1.92. The van der Waals surface area contributed by atoms with Gasteiger partial charge in [0.2, 0.25) is 0 Å². The van der Waals surface area contributed by atoms with Crippen LogP contribution in [0, 0.1) is 23.7 Å². The monoisotopic (exact) mass is 155 g/mol. The van der Waals surface area contributed by atoms with Crippen LogP contribution in [0.5, 0.6) is 0 Å².